The third-order valence-corrected chi connectivity index (χ3v) is 4.76. The van der Waals surface area contributed by atoms with Crippen LogP contribution >= 0.6 is 22.6 Å². The monoisotopic (exact) mass is 479 g/mol. The van der Waals surface area contributed by atoms with Crippen molar-refractivity contribution in [3.05, 3.63) is 64.7 Å². The van der Waals surface area contributed by atoms with Crippen molar-refractivity contribution in [2.24, 2.45) is 0 Å². The molecule has 0 fully saturated rings. The van der Waals surface area contributed by atoms with E-state index in [4.69, 9.17) is 0 Å². The van der Waals surface area contributed by atoms with E-state index in [-0.39, 0.29) is 22.1 Å². The van der Waals surface area contributed by atoms with Gasteiger partial charge in [0.2, 0.25) is 0 Å². The van der Waals surface area contributed by atoms with Crippen LogP contribution in [-0.2, 0) is 16.1 Å². The highest BCUT2D eigenvalue weighted by molar-refractivity contribution is 14.1. The lowest BCUT2D eigenvalue weighted by molar-refractivity contribution is -0.141. The summed E-state index contributed by atoms with van der Waals surface area (Å²) in [6, 6.07) is 10.3. The van der Waals surface area contributed by atoms with E-state index in [1.54, 1.807) is 6.07 Å². The standard InChI is InChI=1S/C19H18IN3O4/c1-12(20)23-9-8-14-15(4-3-5-16(14)23)19(26)21-13-6-7-17(24)22(10-13)11-18(25)27-2/h3-10,12H,11H2,1-2H3,(H,21,26). The van der Waals surface area contributed by atoms with Crippen LogP contribution in [0.1, 0.15) is 21.3 Å². The quantitative estimate of drug-likeness (QED) is 0.346. The summed E-state index contributed by atoms with van der Waals surface area (Å²) in [5, 5.41) is 3.63. The minimum Gasteiger partial charge on any atom is -0.468 e. The Balaban J connectivity index is 1.90. The van der Waals surface area contributed by atoms with Crippen molar-refractivity contribution < 1.29 is 14.3 Å². The number of esters is 1. The molecule has 0 aliphatic rings. The van der Waals surface area contributed by atoms with Gasteiger partial charge in [0.05, 0.1) is 16.8 Å². The maximum absolute atomic E-state index is 12.8. The number of nitrogens with zero attached hydrogens (tertiary/aromatic N) is 2. The molecule has 0 bridgehead atoms. The largest absolute Gasteiger partial charge is 0.468 e. The number of halogens is 1. The first-order valence-corrected chi connectivity index (χ1v) is 9.47. The Labute approximate surface area is 169 Å². The number of rotatable bonds is 5. The summed E-state index contributed by atoms with van der Waals surface area (Å²) >= 11 is 2.31. The molecule has 0 saturated heterocycles. The molecule has 0 radical (unpaired) electrons. The Morgan fingerprint density at radius 1 is 1.22 bits per heavy atom. The Hall–Kier alpha value is -2.62. The van der Waals surface area contributed by atoms with E-state index in [1.165, 1.54) is 30.0 Å². The van der Waals surface area contributed by atoms with Crippen LogP contribution in [0.5, 0.6) is 0 Å². The third-order valence-electron chi connectivity index (χ3n) is 4.16. The second-order valence-electron chi connectivity index (χ2n) is 5.95. The normalized spacial score (nSPS) is 12.0. The molecule has 1 unspecified atom stereocenters. The lowest BCUT2D eigenvalue weighted by atomic mass is 10.1. The number of amides is 1. The molecule has 0 aliphatic heterocycles. The maximum atomic E-state index is 12.8. The fourth-order valence-electron chi connectivity index (χ4n) is 2.83. The number of aromatic nitrogens is 2. The molecule has 7 nitrogen and oxygen atoms in total. The van der Waals surface area contributed by atoms with E-state index >= 15 is 0 Å². The van der Waals surface area contributed by atoms with E-state index in [2.05, 4.69) is 44.1 Å². The number of methoxy groups -OCH3 is 1. The molecule has 1 atom stereocenters. The van der Waals surface area contributed by atoms with Gasteiger partial charge < -0.3 is 19.2 Å². The molecule has 1 aromatic carbocycles. The van der Waals surface area contributed by atoms with Gasteiger partial charge in [0.1, 0.15) is 6.54 Å². The van der Waals surface area contributed by atoms with E-state index in [9.17, 15) is 14.4 Å². The van der Waals surface area contributed by atoms with E-state index < -0.39 is 5.97 Å². The first-order valence-electron chi connectivity index (χ1n) is 8.23. The molecule has 0 aliphatic carbocycles. The minimum absolute atomic E-state index is 0.217. The Morgan fingerprint density at radius 2 is 2.00 bits per heavy atom. The van der Waals surface area contributed by atoms with Crippen LogP contribution < -0.4 is 10.9 Å². The molecule has 8 heteroatoms. The number of hydrogen-bond donors (Lipinski definition) is 1. The highest BCUT2D eigenvalue weighted by Crippen LogP contribution is 2.26. The summed E-state index contributed by atoms with van der Waals surface area (Å²) in [6.07, 6.45) is 3.38. The van der Waals surface area contributed by atoms with Gasteiger partial charge in [0, 0.05) is 34.9 Å². The Bertz CT molecular complexity index is 1070. The Kier molecular flexibility index (Phi) is 5.64. The fourth-order valence-corrected chi connectivity index (χ4v) is 3.31. The second-order valence-corrected chi connectivity index (χ2v) is 7.75. The Morgan fingerprint density at radius 3 is 2.70 bits per heavy atom. The van der Waals surface area contributed by atoms with Crippen molar-refractivity contribution >= 4 is 51.1 Å². The second kappa shape index (κ2) is 7.95. The van der Waals surface area contributed by atoms with Gasteiger partial charge in [0.25, 0.3) is 11.5 Å². The van der Waals surface area contributed by atoms with Gasteiger partial charge in [-0.05, 0) is 31.2 Å². The number of nitrogens with one attached hydrogen (secondary N) is 1. The SMILES string of the molecule is COC(=O)Cn1cc(NC(=O)c2cccc3c2ccn3C(C)I)ccc1=O. The number of ether oxygens (including phenoxy) is 1. The summed E-state index contributed by atoms with van der Waals surface area (Å²) in [4.78, 5) is 36.1. The fraction of sp³-hybridized carbons (Fsp3) is 0.211. The number of anilines is 1. The van der Waals surface area contributed by atoms with Crippen LogP contribution in [0.2, 0.25) is 0 Å². The van der Waals surface area contributed by atoms with Crippen molar-refractivity contribution in [1.82, 2.24) is 9.13 Å². The van der Waals surface area contributed by atoms with Crippen LogP contribution in [0.15, 0.2) is 53.6 Å². The van der Waals surface area contributed by atoms with Crippen molar-refractivity contribution in [3.63, 3.8) is 0 Å². The van der Waals surface area contributed by atoms with Gasteiger partial charge in [-0.1, -0.05) is 28.7 Å². The van der Waals surface area contributed by atoms with Gasteiger partial charge in [-0.15, -0.1) is 0 Å². The van der Waals surface area contributed by atoms with Gasteiger partial charge in [-0.2, -0.15) is 0 Å². The van der Waals surface area contributed by atoms with Crippen LogP contribution in [-0.4, -0.2) is 28.1 Å². The predicted molar refractivity (Wildman–Crippen MR) is 111 cm³/mol. The van der Waals surface area contributed by atoms with E-state index in [1.807, 2.05) is 24.4 Å². The maximum Gasteiger partial charge on any atom is 0.325 e. The smallest absolute Gasteiger partial charge is 0.325 e. The number of benzene rings is 1. The van der Waals surface area contributed by atoms with Gasteiger partial charge in [0.15, 0.2) is 0 Å². The average Bonchev–Trinajstić information content (AvgIpc) is 3.08. The van der Waals surface area contributed by atoms with Crippen LogP contribution in [0.25, 0.3) is 10.9 Å². The van der Waals surface area contributed by atoms with Gasteiger partial charge >= 0.3 is 5.97 Å². The molecule has 0 saturated carbocycles. The number of pyridine rings is 1. The molecule has 2 heterocycles. The molecule has 1 amide bonds. The van der Waals surface area contributed by atoms with Crippen molar-refractivity contribution in [3.8, 4) is 0 Å². The predicted octanol–water partition coefficient (Wildman–Crippen LogP) is 3.18. The first kappa shape index (κ1) is 19.2. The molecular weight excluding hydrogens is 461 g/mol. The number of carbonyl (C=O) groups is 2. The topological polar surface area (TPSA) is 82.3 Å². The van der Waals surface area contributed by atoms with Gasteiger partial charge in [-0.3, -0.25) is 14.4 Å². The zero-order valence-electron chi connectivity index (χ0n) is 14.8. The van der Waals surface area contributed by atoms with Crippen molar-refractivity contribution in [2.75, 3.05) is 12.4 Å². The summed E-state index contributed by atoms with van der Waals surface area (Å²) in [5.41, 5.74) is 1.57. The minimum atomic E-state index is -0.542. The zero-order chi connectivity index (χ0) is 19.6. The van der Waals surface area contributed by atoms with Crippen molar-refractivity contribution in [2.45, 2.75) is 17.5 Å². The van der Waals surface area contributed by atoms with Crippen LogP contribution in [0, 0.1) is 0 Å². The number of carbonyl (C=O) groups excluding carboxylic acids is 2. The summed E-state index contributed by atoms with van der Waals surface area (Å²) in [5.74, 6) is -0.831. The first-order chi connectivity index (χ1) is 12.9. The highest BCUT2D eigenvalue weighted by atomic mass is 127. The molecule has 2 aromatic heterocycles. The summed E-state index contributed by atoms with van der Waals surface area (Å²) in [7, 11) is 1.25. The number of alkyl halides is 1. The number of hydrogen-bond acceptors (Lipinski definition) is 4. The molecule has 1 N–H and O–H groups in total. The van der Waals surface area contributed by atoms with Crippen LogP contribution in [0.3, 0.4) is 0 Å². The summed E-state index contributed by atoms with van der Waals surface area (Å²) < 4.78 is 8.11. The van der Waals surface area contributed by atoms with E-state index in [0.717, 1.165) is 10.9 Å². The highest BCUT2D eigenvalue weighted by Gasteiger charge is 2.14. The lowest BCUT2D eigenvalue weighted by Gasteiger charge is -2.11. The van der Waals surface area contributed by atoms with Crippen LogP contribution in [0.4, 0.5) is 5.69 Å². The molecule has 3 rings (SSSR count). The van der Waals surface area contributed by atoms with E-state index in [0.29, 0.717) is 11.3 Å². The van der Waals surface area contributed by atoms with Gasteiger partial charge in [-0.25, -0.2) is 0 Å². The third kappa shape index (κ3) is 4.05. The summed E-state index contributed by atoms with van der Waals surface area (Å²) in [6.45, 7) is 1.85. The zero-order valence-corrected chi connectivity index (χ0v) is 17.0. The lowest BCUT2D eigenvalue weighted by Crippen LogP contribution is -2.24. The molecule has 3 aromatic rings. The molecule has 27 heavy (non-hydrogen) atoms. The molecule has 140 valence electrons. The molecule has 0 spiro atoms. The van der Waals surface area contributed by atoms with Crippen molar-refractivity contribution in [1.29, 1.82) is 0 Å². The molecular formula is C19H18IN3O4. The number of fused-ring (bicyclic) bond motifs is 1. The average molecular weight is 479 g/mol.